The molecule has 3 N–H and O–H groups in total. The highest BCUT2D eigenvalue weighted by atomic mass is 16.1. The van der Waals surface area contributed by atoms with Gasteiger partial charge in [-0.25, -0.2) is 0 Å². The minimum Gasteiger partial charge on any atom is -0.397 e. The second kappa shape index (κ2) is 3.30. The zero-order valence-corrected chi connectivity index (χ0v) is 6.79. The van der Waals surface area contributed by atoms with E-state index in [-0.39, 0.29) is 5.91 Å². The Hall–Kier alpha value is -1.45. The summed E-state index contributed by atoms with van der Waals surface area (Å²) in [6.45, 7) is 1.43. The highest BCUT2D eigenvalue weighted by Crippen LogP contribution is 2.14. The number of carbonyl (C=O) groups excluding carboxylic acids is 1. The van der Waals surface area contributed by atoms with Gasteiger partial charge in [0.05, 0.1) is 11.4 Å². The van der Waals surface area contributed by atoms with Gasteiger partial charge in [-0.05, 0) is 12.1 Å². The fraction of sp³-hybridized carbons (Fsp3) is 0.125. The van der Waals surface area contributed by atoms with Crippen LogP contribution in [-0.2, 0) is 4.79 Å². The summed E-state index contributed by atoms with van der Waals surface area (Å²) in [5, 5.41) is 2.58. The molecular weight excluding hydrogens is 151 g/mol. The van der Waals surface area contributed by atoms with Gasteiger partial charge in [-0.3, -0.25) is 4.79 Å². The van der Waals surface area contributed by atoms with Crippen molar-refractivity contribution in [2.75, 3.05) is 11.1 Å². The average molecular weight is 160 g/mol. The Labute approximate surface area is 72.4 Å². The summed E-state index contributed by atoms with van der Waals surface area (Å²) in [4.78, 5) is 10.7. The van der Waals surface area contributed by atoms with Gasteiger partial charge in [-0.15, -0.1) is 0 Å². The van der Waals surface area contributed by atoms with Crippen LogP contribution in [0.3, 0.4) is 0 Å². The zero-order chi connectivity index (χ0) is 9.14. The smallest absolute Gasteiger partial charge is 0.221 e. The van der Waals surface area contributed by atoms with E-state index in [1.54, 1.807) is 18.2 Å². The number of nitrogen functional groups attached to an aromatic ring is 1. The zero-order valence-electron chi connectivity index (χ0n) is 6.79. The maximum atomic E-state index is 10.7. The minimum absolute atomic E-state index is 0.147. The standard InChI is InChI=1S/C8H9BN2O/c1-5(12)11-8-3-2-6(9)4-7(8)10/h2-4H,10H2,1H3,(H,11,12). The molecule has 1 aromatic rings. The van der Waals surface area contributed by atoms with Gasteiger partial charge in [0.1, 0.15) is 7.85 Å². The van der Waals surface area contributed by atoms with Crippen molar-refractivity contribution in [3.63, 3.8) is 0 Å². The fourth-order valence-corrected chi connectivity index (χ4v) is 0.885. The Kier molecular flexibility index (Phi) is 2.38. The molecule has 0 atom stereocenters. The van der Waals surface area contributed by atoms with E-state index >= 15 is 0 Å². The van der Waals surface area contributed by atoms with Crippen molar-refractivity contribution in [2.45, 2.75) is 6.92 Å². The molecule has 4 heteroatoms. The van der Waals surface area contributed by atoms with Crippen molar-refractivity contribution in [3.8, 4) is 0 Å². The van der Waals surface area contributed by atoms with Crippen LogP contribution in [0.25, 0.3) is 0 Å². The molecule has 1 amide bonds. The van der Waals surface area contributed by atoms with Crippen LogP contribution >= 0.6 is 0 Å². The molecule has 3 nitrogen and oxygen atoms in total. The first kappa shape index (κ1) is 8.65. The SMILES string of the molecule is [B]c1ccc(NC(C)=O)c(N)c1. The predicted octanol–water partition coefficient (Wildman–Crippen LogP) is 0.0210. The van der Waals surface area contributed by atoms with Crippen LogP contribution in [0.15, 0.2) is 18.2 Å². The minimum atomic E-state index is -0.147. The van der Waals surface area contributed by atoms with Crippen LogP contribution in [0.4, 0.5) is 11.4 Å². The van der Waals surface area contributed by atoms with Gasteiger partial charge in [-0.2, -0.15) is 0 Å². The summed E-state index contributed by atoms with van der Waals surface area (Å²) in [6.07, 6.45) is 0. The van der Waals surface area contributed by atoms with E-state index in [0.717, 1.165) is 0 Å². The maximum Gasteiger partial charge on any atom is 0.221 e. The number of nitrogens with two attached hydrogens (primary N) is 1. The van der Waals surface area contributed by atoms with E-state index in [4.69, 9.17) is 13.6 Å². The summed E-state index contributed by atoms with van der Waals surface area (Å²) >= 11 is 0. The molecule has 1 aromatic carbocycles. The van der Waals surface area contributed by atoms with Crippen LogP contribution in [0.2, 0.25) is 0 Å². The second-order valence-electron chi connectivity index (χ2n) is 2.53. The van der Waals surface area contributed by atoms with Gasteiger partial charge in [0, 0.05) is 6.92 Å². The second-order valence-corrected chi connectivity index (χ2v) is 2.53. The van der Waals surface area contributed by atoms with Crippen LogP contribution in [-0.4, -0.2) is 13.8 Å². The van der Waals surface area contributed by atoms with Gasteiger partial charge >= 0.3 is 0 Å². The van der Waals surface area contributed by atoms with Gasteiger partial charge in [0.15, 0.2) is 0 Å². The van der Waals surface area contributed by atoms with E-state index in [1.807, 2.05) is 0 Å². The van der Waals surface area contributed by atoms with Crippen molar-refractivity contribution in [3.05, 3.63) is 18.2 Å². The number of anilines is 2. The average Bonchev–Trinajstić information content (AvgIpc) is 1.94. The van der Waals surface area contributed by atoms with E-state index < -0.39 is 0 Å². The topological polar surface area (TPSA) is 55.1 Å². The van der Waals surface area contributed by atoms with E-state index in [9.17, 15) is 4.79 Å². The highest BCUT2D eigenvalue weighted by Gasteiger charge is 1.99. The number of hydrogen-bond acceptors (Lipinski definition) is 2. The molecule has 0 saturated carbocycles. The summed E-state index contributed by atoms with van der Waals surface area (Å²) in [6, 6.07) is 4.96. The highest BCUT2D eigenvalue weighted by molar-refractivity contribution is 6.32. The number of amides is 1. The first-order valence-corrected chi connectivity index (χ1v) is 3.52. The van der Waals surface area contributed by atoms with Crippen LogP contribution in [0.1, 0.15) is 6.92 Å². The normalized spacial score (nSPS) is 9.42. The molecule has 0 aliphatic carbocycles. The van der Waals surface area contributed by atoms with Crippen LogP contribution in [0.5, 0.6) is 0 Å². The lowest BCUT2D eigenvalue weighted by atomic mass is 9.95. The summed E-state index contributed by atoms with van der Waals surface area (Å²) < 4.78 is 0. The third kappa shape index (κ3) is 2.02. The van der Waals surface area contributed by atoms with E-state index in [0.29, 0.717) is 16.8 Å². The Morgan fingerprint density at radius 3 is 2.75 bits per heavy atom. The Morgan fingerprint density at radius 1 is 1.58 bits per heavy atom. The summed E-state index contributed by atoms with van der Waals surface area (Å²) in [7, 11) is 5.47. The van der Waals surface area contributed by atoms with Crippen LogP contribution < -0.4 is 16.5 Å². The first-order chi connectivity index (χ1) is 5.59. The van der Waals surface area contributed by atoms with Crippen molar-refractivity contribution in [1.29, 1.82) is 0 Å². The molecule has 0 heterocycles. The molecule has 0 fully saturated rings. The van der Waals surface area contributed by atoms with Crippen LogP contribution in [0, 0.1) is 0 Å². The molecule has 0 saturated heterocycles. The van der Waals surface area contributed by atoms with Gasteiger partial charge < -0.3 is 11.1 Å². The van der Waals surface area contributed by atoms with Crippen molar-refractivity contribution in [2.24, 2.45) is 0 Å². The van der Waals surface area contributed by atoms with E-state index in [1.165, 1.54) is 6.92 Å². The van der Waals surface area contributed by atoms with E-state index in [2.05, 4.69) is 5.32 Å². The number of rotatable bonds is 1. The first-order valence-electron chi connectivity index (χ1n) is 3.52. The third-order valence-electron chi connectivity index (χ3n) is 1.39. The molecular formula is C8H9BN2O. The molecule has 2 radical (unpaired) electrons. The predicted molar refractivity (Wildman–Crippen MR) is 50.5 cm³/mol. The monoisotopic (exact) mass is 160 g/mol. The molecule has 0 aliphatic heterocycles. The number of carbonyl (C=O) groups is 1. The molecule has 0 bridgehead atoms. The van der Waals surface area contributed by atoms with Crippen molar-refractivity contribution >= 4 is 30.6 Å². The van der Waals surface area contributed by atoms with Gasteiger partial charge in [0.2, 0.25) is 5.91 Å². The third-order valence-corrected chi connectivity index (χ3v) is 1.39. The Bertz CT molecular complexity index is 312. The lowest BCUT2D eigenvalue weighted by Crippen LogP contribution is -2.11. The van der Waals surface area contributed by atoms with Crippen molar-refractivity contribution in [1.82, 2.24) is 0 Å². The molecule has 0 unspecified atom stereocenters. The number of benzene rings is 1. The molecule has 0 aliphatic rings. The lowest BCUT2D eigenvalue weighted by molar-refractivity contribution is -0.114. The number of hydrogen-bond donors (Lipinski definition) is 2. The Balaban J connectivity index is 2.93. The molecule has 1 rings (SSSR count). The fourth-order valence-electron chi connectivity index (χ4n) is 0.885. The lowest BCUT2D eigenvalue weighted by Gasteiger charge is -2.06. The summed E-state index contributed by atoms with van der Waals surface area (Å²) in [5.74, 6) is -0.147. The largest absolute Gasteiger partial charge is 0.397 e. The maximum absolute atomic E-state index is 10.7. The molecule has 12 heavy (non-hydrogen) atoms. The molecule has 0 spiro atoms. The Morgan fingerprint density at radius 2 is 2.25 bits per heavy atom. The van der Waals surface area contributed by atoms with Gasteiger partial charge in [0.25, 0.3) is 0 Å². The molecule has 60 valence electrons. The van der Waals surface area contributed by atoms with Crippen molar-refractivity contribution < 1.29 is 4.79 Å². The number of nitrogens with one attached hydrogen (secondary N) is 1. The molecule has 0 aromatic heterocycles. The summed E-state index contributed by atoms with van der Waals surface area (Å²) in [5.41, 5.74) is 7.23. The quantitative estimate of drug-likeness (QED) is 0.449. The van der Waals surface area contributed by atoms with Gasteiger partial charge in [-0.1, -0.05) is 11.5 Å².